The normalized spacial score (nSPS) is 11.5. The van der Waals surface area contributed by atoms with Gasteiger partial charge in [-0.15, -0.1) is 0 Å². The lowest BCUT2D eigenvalue weighted by atomic mass is 10.1. The van der Waals surface area contributed by atoms with Gasteiger partial charge in [0.2, 0.25) is 0 Å². The number of fused-ring (bicyclic) bond motifs is 1. The van der Waals surface area contributed by atoms with Crippen LogP contribution in [0.25, 0.3) is 11.1 Å². The van der Waals surface area contributed by atoms with E-state index in [1.807, 2.05) is 13.0 Å². The van der Waals surface area contributed by atoms with E-state index in [1.54, 1.807) is 0 Å². The third-order valence-corrected chi connectivity index (χ3v) is 3.40. The van der Waals surface area contributed by atoms with Crippen LogP contribution in [0.4, 0.5) is 0 Å². The van der Waals surface area contributed by atoms with E-state index in [0.29, 0.717) is 0 Å². The van der Waals surface area contributed by atoms with Gasteiger partial charge in [0.1, 0.15) is 5.52 Å². The summed E-state index contributed by atoms with van der Waals surface area (Å²) < 4.78 is 5.44. The number of rotatable bonds is 4. The van der Waals surface area contributed by atoms with E-state index in [-0.39, 0.29) is 0 Å². The average Bonchev–Trinajstić information content (AvgIpc) is 2.65. The first kappa shape index (κ1) is 11.6. The van der Waals surface area contributed by atoms with Crippen LogP contribution in [0, 0.1) is 6.92 Å². The van der Waals surface area contributed by atoms with Crippen molar-refractivity contribution in [3.8, 4) is 0 Å². The molecule has 4 heteroatoms. The predicted octanol–water partition coefficient (Wildman–Crippen LogP) is 2.96. The molecule has 3 nitrogen and oxygen atoms in total. The summed E-state index contributed by atoms with van der Waals surface area (Å²) in [5, 5.41) is 0. The van der Waals surface area contributed by atoms with Crippen molar-refractivity contribution >= 4 is 27.0 Å². The summed E-state index contributed by atoms with van der Waals surface area (Å²) in [6.07, 6.45) is 1.03. The van der Waals surface area contributed by atoms with E-state index >= 15 is 0 Å². The fourth-order valence-electron chi connectivity index (χ4n) is 1.62. The molecule has 1 aromatic heterocycles. The number of aryl methyl sites for hydroxylation is 1. The second-order valence-electron chi connectivity index (χ2n) is 3.98. The highest BCUT2D eigenvalue weighted by atomic mass is 79.9. The van der Waals surface area contributed by atoms with Crippen LogP contribution in [0.2, 0.25) is 0 Å². The van der Waals surface area contributed by atoms with Gasteiger partial charge in [-0.25, -0.2) is 4.98 Å². The number of hydrogen-bond acceptors (Lipinski definition) is 3. The number of oxazole rings is 1. The number of nitrogens with zero attached hydrogens (tertiary/aromatic N) is 2. The molecule has 2 aromatic rings. The van der Waals surface area contributed by atoms with Gasteiger partial charge in [-0.2, -0.15) is 0 Å². The molecule has 0 atom stereocenters. The van der Waals surface area contributed by atoms with Gasteiger partial charge in [0, 0.05) is 13.5 Å². The van der Waals surface area contributed by atoms with Gasteiger partial charge in [0.25, 0.3) is 0 Å². The molecule has 0 saturated carbocycles. The van der Waals surface area contributed by atoms with E-state index in [9.17, 15) is 0 Å². The summed E-state index contributed by atoms with van der Waals surface area (Å²) in [7, 11) is 2.09. The zero-order valence-electron chi connectivity index (χ0n) is 9.53. The summed E-state index contributed by atoms with van der Waals surface area (Å²) >= 11 is 3.43. The number of hydrogen-bond donors (Lipinski definition) is 0. The zero-order valence-corrected chi connectivity index (χ0v) is 11.1. The fraction of sp³-hybridized carbons (Fsp3) is 0.417. The van der Waals surface area contributed by atoms with Crippen LogP contribution in [-0.4, -0.2) is 28.9 Å². The maximum absolute atomic E-state index is 5.44. The van der Waals surface area contributed by atoms with Crippen LogP contribution in [0.1, 0.15) is 11.5 Å². The molecule has 2 rings (SSSR count). The first-order chi connectivity index (χ1) is 7.69. The van der Waals surface area contributed by atoms with Gasteiger partial charge in [0.05, 0.1) is 5.45 Å². The maximum atomic E-state index is 5.44. The Morgan fingerprint density at radius 1 is 1.44 bits per heavy atom. The molecule has 0 spiro atoms. The quantitative estimate of drug-likeness (QED) is 0.638. The molecule has 0 N–H and O–H groups in total. The molecule has 0 fully saturated rings. The Hall–Kier alpha value is -0.870. The Morgan fingerprint density at radius 2 is 2.25 bits per heavy atom. The first-order valence-electron chi connectivity index (χ1n) is 5.29. The molecule has 0 radical (unpaired) electrons. The Labute approximate surface area is 104 Å². The van der Waals surface area contributed by atoms with Gasteiger partial charge in [-0.05, 0) is 31.2 Å². The summed E-state index contributed by atoms with van der Waals surface area (Å²) in [5.41, 5.74) is 4.03. The minimum atomic E-state index is 0.727. The Kier molecular flexibility index (Phi) is 3.61. The molecule has 0 aliphatic heterocycles. The van der Waals surface area contributed by atoms with E-state index in [2.05, 4.69) is 45.0 Å². The highest BCUT2D eigenvalue weighted by Gasteiger charge is 2.03. The summed E-state index contributed by atoms with van der Waals surface area (Å²) in [4.78, 5) is 6.55. The molecule has 0 aliphatic carbocycles. The number of likely N-dealkylation sites (N-methyl/N-ethyl adjacent to an activating group) is 1. The van der Waals surface area contributed by atoms with Gasteiger partial charge in [0.15, 0.2) is 11.5 Å². The van der Waals surface area contributed by atoms with Crippen molar-refractivity contribution in [2.75, 3.05) is 19.0 Å². The van der Waals surface area contributed by atoms with E-state index < -0.39 is 0 Å². The molecular weight excluding hydrogens is 268 g/mol. The third-order valence-electron chi connectivity index (χ3n) is 2.55. The fourth-order valence-corrected chi connectivity index (χ4v) is 1.87. The SMILES string of the molecule is Cc1nc2cc(CCN(C)CBr)ccc2o1. The summed E-state index contributed by atoms with van der Waals surface area (Å²) in [5.74, 6) is 0.727. The van der Waals surface area contributed by atoms with E-state index in [0.717, 1.165) is 35.4 Å². The van der Waals surface area contributed by atoms with Gasteiger partial charge in [-0.3, -0.25) is 4.90 Å². The van der Waals surface area contributed by atoms with Crippen molar-refractivity contribution in [3.63, 3.8) is 0 Å². The van der Waals surface area contributed by atoms with Crippen LogP contribution in [0.15, 0.2) is 22.6 Å². The van der Waals surface area contributed by atoms with E-state index in [1.165, 1.54) is 5.56 Å². The molecule has 0 amide bonds. The van der Waals surface area contributed by atoms with Crippen molar-refractivity contribution in [2.24, 2.45) is 0 Å². The lowest BCUT2D eigenvalue weighted by molar-refractivity contribution is 0.401. The van der Waals surface area contributed by atoms with Crippen molar-refractivity contribution in [1.82, 2.24) is 9.88 Å². The molecular formula is C12H15BrN2O. The Morgan fingerprint density at radius 3 is 3.00 bits per heavy atom. The Balaban J connectivity index is 2.13. The van der Waals surface area contributed by atoms with Crippen molar-refractivity contribution in [2.45, 2.75) is 13.3 Å². The summed E-state index contributed by atoms with van der Waals surface area (Å²) in [6.45, 7) is 2.91. The minimum Gasteiger partial charge on any atom is -0.441 e. The van der Waals surface area contributed by atoms with Gasteiger partial charge >= 0.3 is 0 Å². The largest absolute Gasteiger partial charge is 0.441 e. The molecule has 1 aromatic carbocycles. The molecule has 0 saturated heterocycles. The number of halogens is 1. The second-order valence-corrected chi connectivity index (χ2v) is 4.49. The predicted molar refractivity (Wildman–Crippen MR) is 68.9 cm³/mol. The third kappa shape index (κ3) is 2.62. The van der Waals surface area contributed by atoms with Crippen molar-refractivity contribution in [3.05, 3.63) is 29.7 Å². The monoisotopic (exact) mass is 282 g/mol. The average molecular weight is 283 g/mol. The topological polar surface area (TPSA) is 29.3 Å². The molecule has 86 valence electrons. The second kappa shape index (κ2) is 4.97. The number of aromatic nitrogens is 1. The Bertz CT molecular complexity index is 481. The van der Waals surface area contributed by atoms with Crippen LogP contribution >= 0.6 is 15.9 Å². The van der Waals surface area contributed by atoms with E-state index in [4.69, 9.17) is 4.42 Å². The first-order valence-corrected chi connectivity index (χ1v) is 6.42. The summed E-state index contributed by atoms with van der Waals surface area (Å²) in [6, 6.07) is 6.21. The maximum Gasteiger partial charge on any atom is 0.192 e. The molecule has 0 aliphatic rings. The van der Waals surface area contributed by atoms with Gasteiger partial charge < -0.3 is 4.42 Å². The number of alkyl halides is 1. The van der Waals surface area contributed by atoms with Gasteiger partial charge in [-0.1, -0.05) is 22.0 Å². The molecule has 0 bridgehead atoms. The molecule has 1 heterocycles. The highest BCUT2D eigenvalue weighted by Crippen LogP contribution is 2.17. The number of benzene rings is 1. The minimum absolute atomic E-state index is 0.727. The standard InChI is InChI=1S/C12H15BrN2O/c1-9-14-11-7-10(3-4-12(11)16-9)5-6-15(2)8-13/h3-4,7H,5-6,8H2,1-2H3. The van der Waals surface area contributed by atoms with Crippen LogP contribution < -0.4 is 0 Å². The molecule has 16 heavy (non-hydrogen) atoms. The highest BCUT2D eigenvalue weighted by molar-refractivity contribution is 9.09. The molecule has 0 unspecified atom stereocenters. The van der Waals surface area contributed by atoms with Crippen LogP contribution in [0.3, 0.4) is 0 Å². The van der Waals surface area contributed by atoms with Crippen LogP contribution in [-0.2, 0) is 6.42 Å². The van der Waals surface area contributed by atoms with Crippen molar-refractivity contribution < 1.29 is 4.42 Å². The van der Waals surface area contributed by atoms with Crippen LogP contribution in [0.5, 0.6) is 0 Å². The van der Waals surface area contributed by atoms with Crippen molar-refractivity contribution in [1.29, 1.82) is 0 Å². The zero-order chi connectivity index (χ0) is 11.5. The lowest BCUT2D eigenvalue weighted by Gasteiger charge is -2.12. The smallest absolute Gasteiger partial charge is 0.192 e. The lowest BCUT2D eigenvalue weighted by Crippen LogP contribution is -2.18.